The molecule has 0 nitrogen and oxygen atoms in total. The van der Waals surface area contributed by atoms with E-state index in [4.69, 9.17) is 0 Å². The van der Waals surface area contributed by atoms with Crippen molar-refractivity contribution in [2.24, 2.45) is 0 Å². The molecule has 14 heavy (non-hydrogen) atoms. The maximum Gasteiger partial charge on any atom is 0.0443 e. The SMILES string of the molecule is CCC(C)[Si](C)(C)[Si](C)(C)C(C)CC. The van der Waals surface area contributed by atoms with E-state index in [1.54, 1.807) is 0 Å². The third kappa shape index (κ3) is 2.51. The minimum Gasteiger partial charge on any atom is -0.0711 e. The van der Waals surface area contributed by atoms with Gasteiger partial charge in [-0.25, -0.2) is 0 Å². The molecule has 0 saturated carbocycles. The standard InChI is InChI=1S/C12H30Si2/c1-9-11(3)13(5,6)14(7,8)12(4)10-2/h11-12H,9-10H2,1-8H3. The fourth-order valence-corrected chi connectivity index (χ4v) is 15.7. The van der Waals surface area contributed by atoms with E-state index in [1.807, 2.05) is 0 Å². The number of hydrogen-bond donors (Lipinski definition) is 0. The zero-order valence-corrected chi connectivity index (χ0v) is 13.6. The van der Waals surface area contributed by atoms with Gasteiger partial charge in [0.2, 0.25) is 0 Å². The Morgan fingerprint density at radius 3 is 1.07 bits per heavy atom. The van der Waals surface area contributed by atoms with Crippen LogP contribution in [-0.2, 0) is 0 Å². The number of hydrogen-bond acceptors (Lipinski definition) is 0. The average Bonchev–Trinajstić information content (AvgIpc) is 2.14. The fraction of sp³-hybridized carbons (Fsp3) is 1.00. The van der Waals surface area contributed by atoms with Crippen LogP contribution >= 0.6 is 0 Å². The molecule has 86 valence electrons. The van der Waals surface area contributed by atoms with Crippen LogP contribution < -0.4 is 0 Å². The summed E-state index contributed by atoms with van der Waals surface area (Å²) in [6.45, 7) is 20.3. The lowest BCUT2D eigenvalue weighted by molar-refractivity contribution is 0.825. The summed E-state index contributed by atoms with van der Waals surface area (Å²) in [4.78, 5) is 0. The largest absolute Gasteiger partial charge is 0.0711 e. The third-order valence-corrected chi connectivity index (χ3v) is 27.3. The van der Waals surface area contributed by atoms with Gasteiger partial charge in [0.25, 0.3) is 0 Å². The Morgan fingerprint density at radius 1 is 0.714 bits per heavy atom. The fourth-order valence-electron chi connectivity index (χ4n) is 2.29. The van der Waals surface area contributed by atoms with Crippen molar-refractivity contribution in [3.8, 4) is 0 Å². The van der Waals surface area contributed by atoms with E-state index in [9.17, 15) is 0 Å². The lowest BCUT2D eigenvalue weighted by atomic mass is 10.4. The molecule has 0 aromatic heterocycles. The van der Waals surface area contributed by atoms with Crippen LogP contribution in [0, 0.1) is 0 Å². The number of rotatable bonds is 5. The Kier molecular flexibility index (Phi) is 5.13. The molecule has 0 radical (unpaired) electrons. The van der Waals surface area contributed by atoms with Gasteiger partial charge < -0.3 is 0 Å². The quantitative estimate of drug-likeness (QED) is 0.578. The topological polar surface area (TPSA) is 0 Å². The Morgan fingerprint density at radius 2 is 0.929 bits per heavy atom. The van der Waals surface area contributed by atoms with Crippen molar-refractivity contribution in [1.82, 2.24) is 0 Å². The second-order valence-corrected chi connectivity index (χ2v) is 22.7. The van der Waals surface area contributed by atoms with Crippen LogP contribution in [0.5, 0.6) is 0 Å². The highest BCUT2D eigenvalue weighted by Gasteiger charge is 2.46. The molecule has 2 atom stereocenters. The molecule has 0 aromatic carbocycles. The Balaban J connectivity index is 4.85. The monoisotopic (exact) mass is 230 g/mol. The highest BCUT2D eigenvalue weighted by molar-refractivity contribution is 7.41. The predicted molar refractivity (Wildman–Crippen MR) is 74.4 cm³/mol. The zero-order valence-electron chi connectivity index (χ0n) is 11.6. The van der Waals surface area contributed by atoms with E-state index < -0.39 is 15.2 Å². The molecule has 0 rings (SSSR count). The lowest BCUT2D eigenvalue weighted by Gasteiger charge is -2.46. The minimum atomic E-state index is -0.979. The van der Waals surface area contributed by atoms with Crippen molar-refractivity contribution in [3.63, 3.8) is 0 Å². The van der Waals surface area contributed by atoms with Crippen molar-refractivity contribution < 1.29 is 0 Å². The van der Waals surface area contributed by atoms with Gasteiger partial charge in [-0.2, -0.15) is 0 Å². The molecule has 0 saturated heterocycles. The van der Waals surface area contributed by atoms with Crippen LogP contribution in [0.1, 0.15) is 40.5 Å². The molecule has 0 fully saturated rings. The van der Waals surface area contributed by atoms with E-state index >= 15 is 0 Å². The van der Waals surface area contributed by atoms with Crippen LogP contribution in [-0.4, -0.2) is 15.2 Å². The summed E-state index contributed by atoms with van der Waals surface area (Å²) in [6, 6.07) is 0. The first-order valence-corrected chi connectivity index (χ1v) is 13.4. The van der Waals surface area contributed by atoms with Gasteiger partial charge in [0.05, 0.1) is 0 Å². The minimum absolute atomic E-state index is 0.979. The van der Waals surface area contributed by atoms with E-state index in [2.05, 4.69) is 53.9 Å². The van der Waals surface area contributed by atoms with E-state index in [0.29, 0.717) is 0 Å². The third-order valence-electron chi connectivity index (χ3n) is 5.35. The van der Waals surface area contributed by atoms with Gasteiger partial charge in [-0.05, 0) is 0 Å². The summed E-state index contributed by atoms with van der Waals surface area (Å²) in [7, 11) is -1.96. The van der Waals surface area contributed by atoms with Gasteiger partial charge in [0.15, 0.2) is 0 Å². The van der Waals surface area contributed by atoms with Gasteiger partial charge in [0, 0.05) is 15.2 Å². The molecule has 2 unspecified atom stereocenters. The summed E-state index contributed by atoms with van der Waals surface area (Å²) in [5, 5.41) is 0. The summed E-state index contributed by atoms with van der Waals surface area (Å²) in [5.41, 5.74) is 2.00. The van der Waals surface area contributed by atoms with Crippen molar-refractivity contribution in [1.29, 1.82) is 0 Å². The molecule has 0 heterocycles. The highest BCUT2D eigenvalue weighted by Crippen LogP contribution is 2.40. The summed E-state index contributed by atoms with van der Waals surface area (Å²) in [5.74, 6) is 0. The summed E-state index contributed by atoms with van der Waals surface area (Å²) >= 11 is 0. The lowest BCUT2D eigenvalue weighted by Crippen LogP contribution is -2.59. The predicted octanol–water partition coefficient (Wildman–Crippen LogP) is 5.08. The van der Waals surface area contributed by atoms with Crippen molar-refractivity contribution >= 4 is 15.2 Å². The van der Waals surface area contributed by atoms with E-state index in [1.165, 1.54) is 12.8 Å². The maximum absolute atomic E-state index is 2.64. The van der Waals surface area contributed by atoms with Gasteiger partial charge in [-0.1, -0.05) is 77.8 Å². The summed E-state index contributed by atoms with van der Waals surface area (Å²) in [6.07, 6.45) is 2.76. The molecule has 0 aliphatic heterocycles. The molecule has 0 aliphatic carbocycles. The van der Waals surface area contributed by atoms with Crippen LogP contribution in [0.3, 0.4) is 0 Å². The van der Waals surface area contributed by atoms with Crippen LogP contribution in [0.2, 0.25) is 37.3 Å². The Hall–Kier alpha value is 0.434. The molecule has 2 heteroatoms. The average molecular weight is 231 g/mol. The smallest absolute Gasteiger partial charge is 0.0443 e. The highest BCUT2D eigenvalue weighted by atomic mass is 29.3. The first-order chi connectivity index (χ1) is 6.21. The van der Waals surface area contributed by atoms with Gasteiger partial charge in [0.1, 0.15) is 0 Å². The van der Waals surface area contributed by atoms with Gasteiger partial charge in [-0.3, -0.25) is 0 Å². The van der Waals surface area contributed by atoms with Crippen LogP contribution in [0.15, 0.2) is 0 Å². The van der Waals surface area contributed by atoms with Crippen LogP contribution in [0.25, 0.3) is 0 Å². The Bertz CT molecular complexity index is 153. The molecule has 0 aliphatic rings. The van der Waals surface area contributed by atoms with Gasteiger partial charge >= 0.3 is 0 Å². The zero-order chi connectivity index (χ0) is 11.6. The second kappa shape index (κ2) is 4.97. The van der Waals surface area contributed by atoms with E-state index in [0.717, 1.165) is 11.1 Å². The first kappa shape index (κ1) is 14.4. The normalized spacial score (nSPS) is 18.0. The molecule has 0 N–H and O–H groups in total. The van der Waals surface area contributed by atoms with Crippen molar-refractivity contribution in [2.75, 3.05) is 0 Å². The molecule has 0 aromatic rings. The van der Waals surface area contributed by atoms with Crippen molar-refractivity contribution in [2.45, 2.75) is 77.8 Å². The maximum atomic E-state index is 2.64. The van der Waals surface area contributed by atoms with E-state index in [-0.39, 0.29) is 0 Å². The van der Waals surface area contributed by atoms with Crippen LogP contribution in [0.4, 0.5) is 0 Å². The van der Waals surface area contributed by atoms with Gasteiger partial charge in [-0.15, -0.1) is 0 Å². The molecule has 0 amide bonds. The second-order valence-electron chi connectivity index (χ2n) is 6.06. The summed E-state index contributed by atoms with van der Waals surface area (Å²) < 4.78 is 0. The molecule has 0 spiro atoms. The van der Waals surface area contributed by atoms with Crippen molar-refractivity contribution in [3.05, 3.63) is 0 Å². The molecule has 0 bridgehead atoms. The Labute approximate surface area is 93.3 Å². The molecular formula is C12H30Si2. The molecular weight excluding hydrogens is 200 g/mol. The first-order valence-electron chi connectivity index (χ1n) is 6.21.